The molecule has 0 aliphatic carbocycles. The van der Waals surface area contributed by atoms with Crippen LogP contribution in [0.2, 0.25) is 0 Å². The highest BCUT2D eigenvalue weighted by Gasteiger charge is 2.34. The van der Waals surface area contributed by atoms with Crippen LogP contribution in [0.5, 0.6) is 0 Å². The van der Waals surface area contributed by atoms with Gasteiger partial charge in [-0.05, 0) is 144 Å². The van der Waals surface area contributed by atoms with Crippen molar-refractivity contribution in [3.05, 3.63) is 334 Å². The van der Waals surface area contributed by atoms with E-state index in [0.29, 0.717) is 23.1 Å². The number of aromatic nitrogens is 5. The van der Waals surface area contributed by atoms with Gasteiger partial charge in [-0.2, -0.15) is 0 Å². The highest BCUT2D eigenvalue weighted by molar-refractivity contribution is 6.23. The summed E-state index contributed by atoms with van der Waals surface area (Å²) in [6.07, 6.45) is 0. The third kappa shape index (κ3) is 8.60. The van der Waals surface area contributed by atoms with E-state index in [1.807, 2.05) is 36.4 Å². The van der Waals surface area contributed by atoms with E-state index < -0.39 is 0 Å². The predicted molar refractivity (Wildman–Crippen MR) is 424 cm³/mol. The smallest absolute Gasteiger partial charge is 0.236 e. The maximum absolute atomic E-state index is 6.72. The monoisotopic (exact) mass is 1310 g/mol. The Balaban J connectivity index is 0.000000130. The molecule has 0 unspecified atom stereocenters. The summed E-state index contributed by atoms with van der Waals surface area (Å²) in [6, 6.07) is 118. The molecule has 2 aliphatic heterocycles. The molecule has 103 heavy (non-hydrogen) atoms. The van der Waals surface area contributed by atoms with Gasteiger partial charge in [0.15, 0.2) is 11.2 Å². The zero-order valence-corrected chi connectivity index (χ0v) is 55.2. The Morgan fingerprint density at radius 2 is 0.689 bits per heavy atom. The molecule has 9 heteroatoms. The minimum atomic E-state index is 0.599. The lowest BCUT2D eigenvalue weighted by molar-refractivity contribution is 0.667. The fourth-order valence-corrected chi connectivity index (χ4v) is 16.6. The van der Waals surface area contributed by atoms with E-state index in [1.165, 1.54) is 81.7 Å². The predicted octanol–water partition coefficient (Wildman–Crippen LogP) is 25.5. The van der Waals surface area contributed by atoms with Crippen molar-refractivity contribution in [3.63, 3.8) is 0 Å². The average molecular weight is 1310 g/mol. The molecule has 0 atom stereocenters. The van der Waals surface area contributed by atoms with Gasteiger partial charge in [0.05, 0.1) is 33.8 Å². The molecule has 0 radical (unpaired) electrons. The molecule has 2 aliphatic rings. The Morgan fingerprint density at radius 3 is 1.30 bits per heavy atom. The number of para-hydroxylation sites is 4. The van der Waals surface area contributed by atoms with Gasteiger partial charge in [0.1, 0.15) is 33.6 Å². The standard InChI is InChI=1S/C48H28N4O.C46H27N3O/c1-2-16-31(17-3-1)51-37-23-8-6-19-33(37)44-36(22-12-25-39(44)51)46-47-45(34-20-7-9-26-41(34)53-47)49-48(50-46)52-38-24-11-15-30-14-10-21-35(42(30)38)43-32-18-5-4-13-29(32)27-28-40(43)52;1-2-11-33-27-34(24-21-28(33)9-1)29-19-22-32(23-20-29)43-45-44(36-15-5-6-18-40(36)50-45)48-46(47-43)49-38-17-8-13-31-12-7-16-37(41(31)38)42-35-14-4-3-10-30(35)25-26-39(42)49/h1-28H;1-27H. The van der Waals surface area contributed by atoms with Gasteiger partial charge in [0, 0.05) is 60.3 Å². The first-order valence-corrected chi connectivity index (χ1v) is 34.8. The summed E-state index contributed by atoms with van der Waals surface area (Å²) in [5.41, 5.74) is 22.7. The minimum absolute atomic E-state index is 0.599. The molecule has 0 N–H and O–H groups in total. The average Bonchev–Trinajstić information content (AvgIpc) is 0.856. The van der Waals surface area contributed by atoms with E-state index in [4.69, 9.17) is 28.8 Å². The maximum atomic E-state index is 6.72. The first-order valence-electron chi connectivity index (χ1n) is 34.8. The number of anilines is 6. The lowest BCUT2D eigenvalue weighted by Gasteiger charge is -2.32. The van der Waals surface area contributed by atoms with Gasteiger partial charge in [-0.3, -0.25) is 9.80 Å². The van der Waals surface area contributed by atoms with Crippen LogP contribution in [0, 0.1) is 0 Å². The molecule has 478 valence electrons. The second kappa shape index (κ2) is 22.2. The van der Waals surface area contributed by atoms with Crippen LogP contribution < -0.4 is 9.80 Å². The third-order valence-corrected chi connectivity index (χ3v) is 21.1. The Labute approximate surface area is 589 Å². The van der Waals surface area contributed by atoms with Crippen molar-refractivity contribution in [1.29, 1.82) is 0 Å². The van der Waals surface area contributed by atoms with Gasteiger partial charge in [0.25, 0.3) is 0 Å². The van der Waals surface area contributed by atoms with E-state index >= 15 is 0 Å². The van der Waals surface area contributed by atoms with Gasteiger partial charge >= 0.3 is 0 Å². The number of rotatable bonds is 6. The molecule has 23 rings (SSSR count). The molecule has 0 saturated heterocycles. The van der Waals surface area contributed by atoms with Crippen molar-refractivity contribution < 1.29 is 8.83 Å². The first-order chi connectivity index (χ1) is 51.1. The number of hydrogen-bond acceptors (Lipinski definition) is 8. The molecule has 0 spiro atoms. The summed E-state index contributed by atoms with van der Waals surface area (Å²) in [7, 11) is 0. The zero-order chi connectivity index (χ0) is 67.4. The molecule has 0 amide bonds. The number of hydrogen-bond donors (Lipinski definition) is 0. The molecule has 16 aromatic carbocycles. The fourth-order valence-electron chi connectivity index (χ4n) is 16.6. The van der Waals surface area contributed by atoms with Crippen LogP contribution in [0.15, 0.2) is 342 Å². The molecular formula is C94H55N7O2. The van der Waals surface area contributed by atoms with Crippen LogP contribution in [0.1, 0.15) is 0 Å². The molecule has 0 fully saturated rings. The van der Waals surface area contributed by atoms with Crippen LogP contribution in [0.3, 0.4) is 0 Å². The molecular weight excluding hydrogens is 1260 g/mol. The first kappa shape index (κ1) is 56.9. The SMILES string of the molecule is c1ccc(-n2c3ccccc3c3c(-c4nc(N5c6ccc7ccccc7c6-c6cccc7cccc5c67)nc5c4oc4ccccc45)cccc32)cc1.c1ccc2cc(-c3ccc(-c4nc(N5c6ccc7ccccc7c6-c6cccc7cccc5c67)nc5c4oc4ccccc45)cc3)ccc2c1. The summed E-state index contributed by atoms with van der Waals surface area (Å²) in [6.45, 7) is 0. The lowest BCUT2D eigenvalue weighted by atomic mass is 9.88. The van der Waals surface area contributed by atoms with Gasteiger partial charge < -0.3 is 13.4 Å². The van der Waals surface area contributed by atoms with Crippen molar-refractivity contribution in [2.45, 2.75) is 0 Å². The van der Waals surface area contributed by atoms with Crippen molar-refractivity contribution in [2.75, 3.05) is 9.80 Å². The fraction of sp³-hybridized carbons (Fsp3) is 0. The molecule has 9 nitrogen and oxygen atoms in total. The summed E-state index contributed by atoms with van der Waals surface area (Å²) < 4.78 is 15.6. The Kier molecular flexibility index (Phi) is 12.3. The molecule has 0 saturated carbocycles. The van der Waals surface area contributed by atoms with Crippen LogP contribution in [-0.4, -0.2) is 24.5 Å². The number of fused-ring (bicyclic) bond motifs is 18. The van der Waals surface area contributed by atoms with Crippen LogP contribution in [-0.2, 0) is 0 Å². The summed E-state index contributed by atoms with van der Waals surface area (Å²) in [4.78, 5) is 26.2. The Bertz CT molecular complexity index is 7140. The summed E-state index contributed by atoms with van der Waals surface area (Å²) in [5.74, 6) is 1.21. The third-order valence-electron chi connectivity index (χ3n) is 21.1. The second-order valence-electron chi connectivity index (χ2n) is 26.7. The van der Waals surface area contributed by atoms with Crippen molar-refractivity contribution in [3.8, 4) is 61.6 Å². The molecule has 21 aromatic rings. The van der Waals surface area contributed by atoms with Crippen molar-refractivity contribution >= 4 is 154 Å². The van der Waals surface area contributed by atoms with E-state index in [-0.39, 0.29) is 0 Å². The van der Waals surface area contributed by atoms with Gasteiger partial charge in [-0.25, -0.2) is 19.9 Å². The lowest BCUT2D eigenvalue weighted by Crippen LogP contribution is -2.18. The highest BCUT2D eigenvalue weighted by atomic mass is 16.3. The highest BCUT2D eigenvalue weighted by Crippen LogP contribution is 2.56. The van der Waals surface area contributed by atoms with Crippen molar-refractivity contribution in [2.24, 2.45) is 0 Å². The molecule has 7 heterocycles. The maximum Gasteiger partial charge on any atom is 0.236 e. The zero-order valence-electron chi connectivity index (χ0n) is 55.2. The van der Waals surface area contributed by atoms with Crippen LogP contribution >= 0.6 is 0 Å². The summed E-state index contributed by atoms with van der Waals surface area (Å²) in [5, 5.41) is 16.2. The van der Waals surface area contributed by atoms with E-state index in [9.17, 15) is 0 Å². The largest absolute Gasteiger partial charge is 0.452 e. The Morgan fingerprint density at radius 1 is 0.252 bits per heavy atom. The topological polar surface area (TPSA) is 89.3 Å². The molecule has 5 aromatic heterocycles. The van der Waals surface area contributed by atoms with Crippen LogP contribution in [0.25, 0.3) is 181 Å². The Hall–Kier alpha value is -14.0. The van der Waals surface area contributed by atoms with E-state index in [1.54, 1.807) is 0 Å². The van der Waals surface area contributed by atoms with E-state index in [2.05, 4.69) is 312 Å². The van der Waals surface area contributed by atoms with Crippen LogP contribution in [0.4, 0.5) is 34.6 Å². The van der Waals surface area contributed by atoms with E-state index in [0.717, 1.165) is 111 Å². The van der Waals surface area contributed by atoms with Gasteiger partial charge in [-0.15, -0.1) is 0 Å². The second-order valence-corrected chi connectivity index (χ2v) is 26.7. The number of benzene rings is 16. The summed E-state index contributed by atoms with van der Waals surface area (Å²) >= 11 is 0. The van der Waals surface area contributed by atoms with Gasteiger partial charge in [-0.1, -0.05) is 255 Å². The quantitative estimate of drug-likeness (QED) is 0.163. The van der Waals surface area contributed by atoms with Crippen molar-refractivity contribution in [1.82, 2.24) is 24.5 Å². The normalized spacial score (nSPS) is 12.4. The van der Waals surface area contributed by atoms with Gasteiger partial charge in [0.2, 0.25) is 11.9 Å². The number of furan rings is 2. The number of nitrogens with zero attached hydrogens (tertiary/aromatic N) is 7. The molecule has 0 bridgehead atoms. The minimum Gasteiger partial charge on any atom is -0.452 e.